The van der Waals surface area contributed by atoms with E-state index in [1.165, 1.54) is 12.1 Å². The number of hydrogen-bond acceptors (Lipinski definition) is 4. The Balaban J connectivity index is 1.85. The minimum atomic E-state index is -0.391. The Morgan fingerprint density at radius 3 is 2.72 bits per heavy atom. The van der Waals surface area contributed by atoms with Gasteiger partial charge in [0.2, 0.25) is 0 Å². The highest BCUT2D eigenvalue weighted by molar-refractivity contribution is 5.34. The molecule has 0 radical (unpaired) electrons. The van der Waals surface area contributed by atoms with Gasteiger partial charge in [-0.2, -0.15) is 0 Å². The monoisotopic (exact) mass is 251 g/mol. The van der Waals surface area contributed by atoms with Crippen LogP contribution in [0.15, 0.2) is 24.3 Å². The van der Waals surface area contributed by atoms with Crippen molar-refractivity contribution in [3.05, 3.63) is 39.9 Å². The fourth-order valence-corrected chi connectivity index (χ4v) is 2.67. The minimum absolute atomic E-state index is 0.0293. The third-order valence-corrected chi connectivity index (χ3v) is 3.81. The highest BCUT2D eigenvalue weighted by Gasteiger charge is 2.51. The van der Waals surface area contributed by atoms with Crippen molar-refractivity contribution in [3.63, 3.8) is 0 Å². The van der Waals surface area contributed by atoms with Gasteiger partial charge in [-0.05, 0) is 17.7 Å². The lowest BCUT2D eigenvalue weighted by molar-refractivity contribution is -0.925. The second-order valence-corrected chi connectivity index (χ2v) is 5.11. The average Bonchev–Trinajstić information content (AvgIpc) is 2.86. The second kappa shape index (κ2) is 4.01. The number of rotatable bonds is 2. The van der Waals surface area contributed by atoms with Crippen LogP contribution in [-0.4, -0.2) is 42.6 Å². The van der Waals surface area contributed by atoms with Gasteiger partial charge in [-0.15, -0.1) is 0 Å². The van der Waals surface area contributed by atoms with E-state index in [0.29, 0.717) is 20.1 Å². The molecule has 6 heteroatoms. The molecule has 2 saturated heterocycles. The molecule has 2 aliphatic heterocycles. The lowest BCUT2D eigenvalue weighted by Crippen LogP contribution is -2.45. The van der Waals surface area contributed by atoms with Crippen molar-refractivity contribution in [1.82, 2.24) is 0 Å². The van der Waals surface area contributed by atoms with Crippen molar-refractivity contribution in [2.75, 3.05) is 27.1 Å². The number of fused-ring (bicyclic) bond motifs is 1. The van der Waals surface area contributed by atoms with Crippen LogP contribution in [0, 0.1) is 10.1 Å². The van der Waals surface area contributed by atoms with Crippen molar-refractivity contribution in [1.29, 1.82) is 0 Å². The van der Waals surface area contributed by atoms with Crippen LogP contribution in [-0.2, 0) is 9.47 Å². The van der Waals surface area contributed by atoms with Crippen LogP contribution < -0.4 is 0 Å². The van der Waals surface area contributed by atoms with Crippen molar-refractivity contribution >= 4 is 5.69 Å². The second-order valence-electron chi connectivity index (χ2n) is 5.11. The first-order valence-electron chi connectivity index (χ1n) is 5.88. The Morgan fingerprint density at radius 1 is 1.33 bits per heavy atom. The summed E-state index contributed by atoms with van der Waals surface area (Å²) >= 11 is 0. The minimum Gasteiger partial charge on any atom is -0.325 e. The van der Waals surface area contributed by atoms with Crippen molar-refractivity contribution in [2.45, 2.75) is 12.1 Å². The zero-order valence-electron chi connectivity index (χ0n) is 10.1. The summed E-state index contributed by atoms with van der Waals surface area (Å²) in [6.45, 7) is 1.98. The van der Waals surface area contributed by atoms with E-state index in [0.717, 1.165) is 10.0 Å². The molecule has 0 bridgehead atoms. The molecule has 0 aromatic heterocycles. The molecule has 0 aliphatic carbocycles. The molecule has 0 unspecified atom stereocenters. The lowest BCUT2D eigenvalue weighted by Gasteiger charge is -2.25. The summed E-state index contributed by atoms with van der Waals surface area (Å²) in [7, 11) is 2.11. The molecule has 6 nitrogen and oxygen atoms in total. The number of likely N-dealkylation sites (N-methyl/N-ethyl adjacent to an activating group) is 1. The molecule has 18 heavy (non-hydrogen) atoms. The first-order chi connectivity index (χ1) is 8.60. The van der Waals surface area contributed by atoms with Gasteiger partial charge in [0.15, 0.2) is 13.5 Å². The van der Waals surface area contributed by atoms with Gasteiger partial charge < -0.3 is 9.47 Å². The van der Waals surface area contributed by atoms with Gasteiger partial charge >= 0.3 is 0 Å². The molecule has 2 heterocycles. The molecule has 3 rings (SSSR count). The number of hydrogen-bond donors (Lipinski definition) is 0. The van der Waals surface area contributed by atoms with Gasteiger partial charge in [0.25, 0.3) is 5.69 Å². The quantitative estimate of drug-likeness (QED) is 0.453. The van der Waals surface area contributed by atoms with E-state index >= 15 is 0 Å². The van der Waals surface area contributed by atoms with Gasteiger partial charge in [-0.3, -0.25) is 14.6 Å². The maximum absolute atomic E-state index is 10.6. The molecule has 96 valence electrons. The summed E-state index contributed by atoms with van der Waals surface area (Å²) in [5.41, 5.74) is 1.09. The Bertz CT molecular complexity index is 475. The molecule has 2 fully saturated rings. The number of ether oxygens (including phenoxy) is 2. The van der Waals surface area contributed by atoms with E-state index < -0.39 is 4.92 Å². The first-order valence-corrected chi connectivity index (χ1v) is 5.88. The summed E-state index contributed by atoms with van der Waals surface area (Å²) < 4.78 is 12.1. The Morgan fingerprint density at radius 2 is 2.06 bits per heavy atom. The van der Waals surface area contributed by atoms with Crippen LogP contribution in [0.3, 0.4) is 0 Å². The van der Waals surface area contributed by atoms with Crippen LogP contribution >= 0.6 is 0 Å². The summed E-state index contributed by atoms with van der Waals surface area (Å²) in [5.74, 6) is 0. The zero-order chi connectivity index (χ0) is 12.8. The highest BCUT2D eigenvalue weighted by Crippen LogP contribution is 2.38. The van der Waals surface area contributed by atoms with Crippen LogP contribution in [0.4, 0.5) is 5.69 Å². The van der Waals surface area contributed by atoms with E-state index in [2.05, 4.69) is 7.05 Å². The highest BCUT2D eigenvalue weighted by atomic mass is 16.6. The van der Waals surface area contributed by atoms with E-state index in [1.807, 2.05) is 0 Å². The predicted molar refractivity (Wildman–Crippen MR) is 62.6 cm³/mol. The fourth-order valence-electron chi connectivity index (χ4n) is 2.67. The molecule has 0 saturated carbocycles. The molecule has 1 aromatic carbocycles. The molecule has 0 N–H and O–H groups in total. The van der Waals surface area contributed by atoms with Crippen LogP contribution in [0.2, 0.25) is 0 Å². The number of non-ortho nitro benzene ring substituents is 1. The standard InChI is InChI=1S/C12H15N2O4/c1-14-7-17-6-11(14)12(18-8-14)9-2-4-10(5-3-9)13(15)16/h2-5,11-12H,6-8H2,1H3/q+1/t11-,12-,14+/m1/s1. The van der Waals surface area contributed by atoms with Crippen molar-refractivity contribution in [3.8, 4) is 0 Å². The number of quaternary nitrogens is 1. The van der Waals surface area contributed by atoms with Gasteiger partial charge in [0.1, 0.15) is 18.8 Å². The summed E-state index contributed by atoms with van der Waals surface area (Å²) in [6.07, 6.45) is -0.0293. The summed E-state index contributed by atoms with van der Waals surface area (Å²) in [5, 5.41) is 10.6. The van der Waals surface area contributed by atoms with Crippen LogP contribution in [0.1, 0.15) is 11.7 Å². The molecule has 0 amide bonds. The maximum Gasteiger partial charge on any atom is 0.269 e. The molecular formula is C12H15N2O4+. The van der Waals surface area contributed by atoms with Gasteiger partial charge in [-0.25, -0.2) is 0 Å². The molecule has 2 aliphatic rings. The smallest absolute Gasteiger partial charge is 0.269 e. The fraction of sp³-hybridized carbons (Fsp3) is 0.500. The average molecular weight is 251 g/mol. The predicted octanol–water partition coefficient (Wildman–Crippen LogP) is 1.43. The largest absolute Gasteiger partial charge is 0.325 e. The molecule has 1 aromatic rings. The van der Waals surface area contributed by atoms with Gasteiger partial charge in [0.05, 0.1) is 12.0 Å². The first kappa shape index (κ1) is 11.6. The normalized spacial score (nSPS) is 34.5. The third-order valence-electron chi connectivity index (χ3n) is 3.81. The molecule has 0 spiro atoms. The lowest BCUT2D eigenvalue weighted by atomic mass is 10.0. The van der Waals surface area contributed by atoms with Gasteiger partial charge in [0, 0.05) is 12.1 Å². The number of nitro benzene ring substituents is 1. The number of benzene rings is 1. The van der Waals surface area contributed by atoms with E-state index in [9.17, 15) is 10.1 Å². The Kier molecular flexibility index (Phi) is 2.58. The topological polar surface area (TPSA) is 61.6 Å². The SMILES string of the molecule is C[N@@+]12COC[C@@H]1[C@@H](c1ccc([N+](=O)[O-])cc1)OC2. The molecular weight excluding hydrogens is 236 g/mol. The molecule has 3 atom stereocenters. The van der Waals surface area contributed by atoms with E-state index in [-0.39, 0.29) is 17.8 Å². The Labute approximate surface area is 104 Å². The number of nitrogens with zero attached hydrogens (tertiary/aromatic N) is 2. The van der Waals surface area contributed by atoms with Crippen LogP contribution in [0.25, 0.3) is 0 Å². The van der Waals surface area contributed by atoms with Crippen molar-refractivity contribution in [2.24, 2.45) is 0 Å². The van der Waals surface area contributed by atoms with E-state index in [1.54, 1.807) is 12.1 Å². The Hall–Kier alpha value is -1.50. The maximum atomic E-state index is 10.6. The van der Waals surface area contributed by atoms with Crippen molar-refractivity contribution < 1.29 is 18.9 Å². The van der Waals surface area contributed by atoms with Gasteiger partial charge in [-0.1, -0.05) is 0 Å². The summed E-state index contributed by atoms with van der Waals surface area (Å²) in [4.78, 5) is 10.2. The van der Waals surface area contributed by atoms with E-state index in [4.69, 9.17) is 9.47 Å². The number of nitro groups is 1. The summed E-state index contributed by atoms with van der Waals surface area (Å²) in [6, 6.07) is 6.88. The third kappa shape index (κ3) is 1.69. The van der Waals surface area contributed by atoms with Crippen LogP contribution in [0.5, 0.6) is 0 Å². The zero-order valence-corrected chi connectivity index (χ0v) is 10.1.